The average molecular weight is 401 g/mol. The van der Waals surface area contributed by atoms with E-state index in [1.807, 2.05) is 36.1 Å². The summed E-state index contributed by atoms with van der Waals surface area (Å²) >= 11 is 0. The lowest BCUT2D eigenvalue weighted by Gasteiger charge is -2.24. The Morgan fingerprint density at radius 1 is 0.964 bits per heavy atom. The molecule has 6 heteroatoms. The zero-order valence-electron chi connectivity index (χ0n) is 16.6. The van der Waals surface area contributed by atoms with Crippen LogP contribution in [0.15, 0.2) is 48.5 Å². The van der Waals surface area contributed by atoms with Crippen molar-refractivity contribution in [3.8, 4) is 0 Å². The van der Waals surface area contributed by atoms with Crippen LogP contribution in [0.4, 0.5) is 5.69 Å². The van der Waals surface area contributed by atoms with Gasteiger partial charge >= 0.3 is 0 Å². The number of aryl methyl sites for hydroxylation is 1. The van der Waals surface area contributed by atoms with Crippen LogP contribution in [0.5, 0.6) is 0 Å². The lowest BCUT2D eigenvalue weighted by atomic mass is 10.1. The second kappa shape index (κ2) is 8.78. The van der Waals surface area contributed by atoms with Crippen LogP contribution in [-0.2, 0) is 16.6 Å². The lowest BCUT2D eigenvalue weighted by molar-refractivity contribution is 0.0761. The number of sulfonamides is 1. The molecule has 2 aromatic rings. The third-order valence-electron chi connectivity index (χ3n) is 5.27. The van der Waals surface area contributed by atoms with E-state index in [2.05, 4.69) is 0 Å². The van der Waals surface area contributed by atoms with Gasteiger partial charge in [0.15, 0.2) is 0 Å². The molecule has 28 heavy (non-hydrogen) atoms. The third kappa shape index (κ3) is 4.93. The summed E-state index contributed by atoms with van der Waals surface area (Å²) in [5.41, 5.74) is 3.18. The van der Waals surface area contributed by atoms with Crippen LogP contribution in [0.3, 0.4) is 0 Å². The van der Waals surface area contributed by atoms with E-state index in [1.165, 1.54) is 23.4 Å². The van der Waals surface area contributed by atoms with Gasteiger partial charge in [-0.15, -0.1) is 0 Å². The zero-order valence-corrected chi connectivity index (χ0v) is 17.4. The largest absolute Gasteiger partial charge is 0.339 e. The second-order valence-electron chi connectivity index (χ2n) is 7.45. The van der Waals surface area contributed by atoms with Gasteiger partial charge in [0.25, 0.3) is 5.91 Å². The lowest BCUT2D eigenvalue weighted by Crippen LogP contribution is -2.32. The number of anilines is 1. The van der Waals surface area contributed by atoms with Crippen LogP contribution in [0.2, 0.25) is 0 Å². The number of hydrogen-bond acceptors (Lipinski definition) is 3. The smallest absolute Gasteiger partial charge is 0.253 e. The molecule has 1 aliphatic rings. The summed E-state index contributed by atoms with van der Waals surface area (Å²) < 4.78 is 26.2. The SMILES string of the molecule is Cc1ccccc1CN(c1ccc(C(=O)N2CCCCCC2)cc1)S(C)(=O)=O. The maximum atomic E-state index is 12.8. The Balaban J connectivity index is 1.82. The van der Waals surface area contributed by atoms with E-state index in [4.69, 9.17) is 0 Å². The highest BCUT2D eigenvalue weighted by Crippen LogP contribution is 2.23. The minimum Gasteiger partial charge on any atom is -0.339 e. The van der Waals surface area contributed by atoms with Crippen LogP contribution in [0, 0.1) is 6.92 Å². The maximum absolute atomic E-state index is 12.8. The van der Waals surface area contributed by atoms with Crippen molar-refractivity contribution in [1.82, 2.24) is 4.90 Å². The van der Waals surface area contributed by atoms with Gasteiger partial charge in [-0.25, -0.2) is 8.42 Å². The molecular formula is C22H28N2O3S. The van der Waals surface area contributed by atoms with E-state index < -0.39 is 10.0 Å². The maximum Gasteiger partial charge on any atom is 0.253 e. The number of amides is 1. The van der Waals surface area contributed by atoms with E-state index >= 15 is 0 Å². The van der Waals surface area contributed by atoms with Gasteiger partial charge in [0.1, 0.15) is 0 Å². The van der Waals surface area contributed by atoms with Gasteiger partial charge < -0.3 is 4.90 Å². The minimum absolute atomic E-state index is 0.0262. The molecule has 1 heterocycles. The van der Waals surface area contributed by atoms with Crippen molar-refractivity contribution in [2.75, 3.05) is 23.7 Å². The van der Waals surface area contributed by atoms with Gasteiger partial charge in [-0.3, -0.25) is 9.10 Å². The molecule has 0 spiro atoms. The highest BCUT2D eigenvalue weighted by Gasteiger charge is 2.21. The first-order valence-corrected chi connectivity index (χ1v) is 11.6. The van der Waals surface area contributed by atoms with Gasteiger partial charge in [-0.05, 0) is 55.2 Å². The molecule has 1 amide bonds. The first-order valence-electron chi connectivity index (χ1n) is 9.78. The molecule has 150 valence electrons. The Kier molecular flexibility index (Phi) is 6.39. The van der Waals surface area contributed by atoms with Crippen molar-refractivity contribution in [2.24, 2.45) is 0 Å². The molecule has 0 atom stereocenters. The van der Waals surface area contributed by atoms with Crippen molar-refractivity contribution in [2.45, 2.75) is 39.2 Å². The molecule has 2 aromatic carbocycles. The molecule has 5 nitrogen and oxygen atoms in total. The first-order chi connectivity index (χ1) is 13.4. The fraction of sp³-hybridized carbons (Fsp3) is 0.409. The molecule has 1 saturated heterocycles. The Hall–Kier alpha value is -2.34. The monoisotopic (exact) mass is 400 g/mol. The molecule has 0 aliphatic carbocycles. The normalized spacial score (nSPS) is 15.1. The van der Waals surface area contributed by atoms with Gasteiger partial charge in [-0.2, -0.15) is 0 Å². The number of hydrogen-bond donors (Lipinski definition) is 0. The second-order valence-corrected chi connectivity index (χ2v) is 9.36. The van der Waals surface area contributed by atoms with Gasteiger partial charge in [-0.1, -0.05) is 37.1 Å². The zero-order chi connectivity index (χ0) is 20.1. The topological polar surface area (TPSA) is 57.7 Å². The quantitative estimate of drug-likeness (QED) is 0.763. The minimum atomic E-state index is -3.45. The van der Waals surface area contributed by atoms with Crippen LogP contribution in [0.25, 0.3) is 0 Å². The Morgan fingerprint density at radius 2 is 1.57 bits per heavy atom. The fourth-order valence-electron chi connectivity index (χ4n) is 3.57. The van der Waals surface area contributed by atoms with E-state index in [0.717, 1.165) is 37.1 Å². The molecule has 3 rings (SSSR count). The number of benzene rings is 2. The van der Waals surface area contributed by atoms with Crippen molar-refractivity contribution in [3.63, 3.8) is 0 Å². The Labute approximate surface area is 168 Å². The number of likely N-dealkylation sites (tertiary alicyclic amines) is 1. The molecule has 0 radical (unpaired) electrons. The molecule has 0 N–H and O–H groups in total. The molecule has 0 aromatic heterocycles. The Morgan fingerprint density at radius 3 is 2.14 bits per heavy atom. The van der Waals surface area contributed by atoms with Gasteiger partial charge in [0.05, 0.1) is 18.5 Å². The number of carbonyl (C=O) groups is 1. The summed E-state index contributed by atoms with van der Waals surface area (Å²) in [4.78, 5) is 14.7. The molecule has 1 fully saturated rings. The van der Waals surface area contributed by atoms with Gasteiger partial charge in [0.2, 0.25) is 10.0 Å². The highest BCUT2D eigenvalue weighted by atomic mass is 32.2. The van der Waals surface area contributed by atoms with E-state index in [-0.39, 0.29) is 12.5 Å². The van der Waals surface area contributed by atoms with Crippen LogP contribution < -0.4 is 4.31 Å². The average Bonchev–Trinajstić information content (AvgIpc) is 2.95. The van der Waals surface area contributed by atoms with E-state index in [0.29, 0.717) is 11.3 Å². The summed E-state index contributed by atoms with van der Waals surface area (Å²) in [5, 5.41) is 0. The highest BCUT2D eigenvalue weighted by molar-refractivity contribution is 7.92. The van der Waals surface area contributed by atoms with Crippen LogP contribution in [-0.4, -0.2) is 38.6 Å². The van der Waals surface area contributed by atoms with Crippen LogP contribution in [0.1, 0.15) is 47.2 Å². The molecule has 0 unspecified atom stereocenters. The summed E-state index contributed by atoms with van der Waals surface area (Å²) in [6, 6.07) is 14.7. The molecule has 0 saturated carbocycles. The number of rotatable bonds is 5. The number of carbonyl (C=O) groups excluding carboxylic acids is 1. The molecular weight excluding hydrogens is 372 g/mol. The van der Waals surface area contributed by atoms with E-state index in [1.54, 1.807) is 24.3 Å². The van der Waals surface area contributed by atoms with Crippen molar-refractivity contribution in [1.29, 1.82) is 0 Å². The standard InChI is InChI=1S/C22H28N2O3S/c1-18-9-5-6-10-20(18)17-24(28(2,26)27)21-13-11-19(12-14-21)22(25)23-15-7-3-4-8-16-23/h5-6,9-14H,3-4,7-8,15-17H2,1-2H3. The first kappa shape index (κ1) is 20.4. The summed E-state index contributed by atoms with van der Waals surface area (Å²) in [5.74, 6) is 0.0262. The summed E-state index contributed by atoms with van der Waals surface area (Å²) in [6.07, 6.45) is 5.64. The van der Waals surface area contributed by atoms with Crippen molar-refractivity contribution >= 4 is 21.6 Å². The fourth-order valence-corrected chi connectivity index (χ4v) is 4.45. The molecule has 0 bridgehead atoms. The predicted molar refractivity (Wildman–Crippen MR) is 113 cm³/mol. The van der Waals surface area contributed by atoms with Crippen molar-refractivity contribution < 1.29 is 13.2 Å². The van der Waals surface area contributed by atoms with Crippen molar-refractivity contribution in [3.05, 3.63) is 65.2 Å². The number of nitrogens with zero attached hydrogens (tertiary/aromatic N) is 2. The predicted octanol–water partition coefficient (Wildman–Crippen LogP) is 3.98. The third-order valence-corrected chi connectivity index (χ3v) is 6.41. The molecule has 1 aliphatic heterocycles. The Bertz CT molecular complexity index is 915. The van der Waals surface area contributed by atoms with Crippen LogP contribution >= 0.6 is 0 Å². The van der Waals surface area contributed by atoms with E-state index in [9.17, 15) is 13.2 Å². The summed E-state index contributed by atoms with van der Waals surface area (Å²) in [6.45, 7) is 3.83. The summed E-state index contributed by atoms with van der Waals surface area (Å²) in [7, 11) is -3.45. The van der Waals surface area contributed by atoms with Gasteiger partial charge in [0, 0.05) is 18.7 Å².